The van der Waals surface area contributed by atoms with Crippen molar-refractivity contribution in [1.82, 2.24) is 20.0 Å². The van der Waals surface area contributed by atoms with Crippen molar-refractivity contribution < 1.29 is 24.1 Å². The van der Waals surface area contributed by atoms with Gasteiger partial charge in [-0.3, -0.25) is 34.2 Å². The number of fused-ring (bicyclic) bond motifs is 1. The molecule has 4 heterocycles. The molecule has 3 saturated heterocycles. The number of carbonyl (C=O) groups is 4. The number of thiophene rings is 1. The Morgan fingerprint density at radius 2 is 1.84 bits per heavy atom. The highest BCUT2D eigenvalue weighted by Crippen LogP contribution is 2.51. The van der Waals surface area contributed by atoms with Crippen molar-refractivity contribution in [3.63, 3.8) is 0 Å². The Labute approximate surface area is 217 Å². The number of likely N-dealkylation sites (tertiary alicyclic amines) is 2. The van der Waals surface area contributed by atoms with Gasteiger partial charge >= 0.3 is 0 Å². The third-order valence-electron chi connectivity index (χ3n) is 7.38. The van der Waals surface area contributed by atoms with E-state index in [9.17, 15) is 29.3 Å². The molecule has 5 rings (SSSR count). The molecular formula is C25H27N5O6S. The lowest BCUT2D eigenvalue weighted by Gasteiger charge is -2.37. The van der Waals surface area contributed by atoms with E-state index in [1.54, 1.807) is 17.9 Å². The van der Waals surface area contributed by atoms with Gasteiger partial charge < -0.3 is 15.1 Å². The lowest BCUT2D eigenvalue weighted by Crippen LogP contribution is -2.56. The van der Waals surface area contributed by atoms with E-state index in [1.807, 2.05) is 17.5 Å². The molecule has 194 valence electrons. The topological polar surface area (TPSA) is 133 Å². The van der Waals surface area contributed by atoms with Crippen LogP contribution in [0.15, 0.2) is 41.8 Å². The normalized spacial score (nSPS) is 25.5. The molecule has 3 aliphatic heterocycles. The van der Waals surface area contributed by atoms with Crippen molar-refractivity contribution in [3.8, 4) is 0 Å². The number of non-ortho nitro benzene ring substituents is 1. The number of benzene rings is 1. The van der Waals surface area contributed by atoms with Gasteiger partial charge in [-0.05, 0) is 23.9 Å². The third-order valence-corrected chi connectivity index (χ3v) is 8.26. The summed E-state index contributed by atoms with van der Waals surface area (Å²) in [7, 11) is 0. The van der Waals surface area contributed by atoms with Gasteiger partial charge in [0.2, 0.25) is 23.6 Å². The van der Waals surface area contributed by atoms with Crippen LogP contribution in [-0.4, -0.2) is 82.0 Å². The molecule has 1 aromatic heterocycles. The molecule has 4 atom stereocenters. The summed E-state index contributed by atoms with van der Waals surface area (Å²) in [6.45, 7) is 3.83. The fourth-order valence-electron chi connectivity index (χ4n) is 5.77. The van der Waals surface area contributed by atoms with Crippen LogP contribution in [0.5, 0.6) is 0 Å². The quantitative estimate of drug-likeness (QED) is 0.340. The molecule has 0 aliphatic carbocycles. The van der Waals surface area contributed by atoms with Crippen LogP contribution in [-0.2, 0) is 25.6 Å². The van der Waals surface area contributed by atoms with Crippen molar-refractivity contribution >= 4 is 40.7 Å². The minimum Gasteiger partial charge on any atom is -0.338 e. The second kappa shape index (κ2) is 10.0. The van der Waals surface area contributed by atoms with Crippen LogP contribution in [0.2, 0.25) is 0 Å². The Morgan fingerprint density at radius 3 is 2.49 bits per heavy atom. The molecule has 0 saturated carbocycles. The summed E-state index contributed by atoms with van der Waals surface area (Å²) in [6, 6.07) is 7.24. The summed E-state index contributed by atoms with van der Waals surface area (Å²) < 4.78 is 0. The molecule has 4 unspecified atom stereocenters. The number of carbonyl (C=O) groups excluding carboxylic acids is 4. The summed E-state index contributed by atoms with van der Waals surface area (Å²) in [5.41, 5.74) is 0.166. The van der Waals surface area contributed by atoms with Crippen LogP contribution < -0.4 is 5.32 Å². The Balaban J connectivity index is 1.65. The Morgan fingerprint density at radius 1 is 1.11 bits per heavy atom. The standard InChI is InChI=1S/C25H27N5O6S/c1-2-28-23(32)19-20(24(28)33)22(25(34)27-10-8-26-9-11-27)29(18(31)14-17-7-4-12-37-17)21(19)15-5-3-6-16(13-15)30(35)36/h3-7,12-13,19-22,26H,2,8-11,14H2,1H3. The highest BCUT2D eigenvalue weighted by molar-refractivity contribution is 7.10. The number of hydrogen-bond acceptors (Lipinski definition) is 8. The number of imide groups is 1. The number of rotatable bonds is 6. The molecule has 11 nitrogen and oxygen atoms in total. The van der Waals surface area contributed by atoms with Gasteiger partial charge in [0, 0.05) is 49.7 Å². The molecule has 0 radical (unpaired) electrons. The van der Waals surface area contributed by atoms with Crippen LogP contribution in [0.25, 0.3) is 0 Å². The van der Waals surface area contributed by atoms with E-state index in [2.05, 4.69) is 5.32 Å². The van der Waals surface area contributed by atoms with Gasteiger partial charge in [0.05, 0.1) is 29.2 Å². The summed E-state index contributed by atoms with van der Waals surface area (Å²) in [6.07, 6.45) is -0.00621. The van der Waals surface area contributed by atoms with Crippen LogP contribution in [0.1, 0.15) is 23.4 Å². The Bertz CT molecular complexity index is 1240. The summed E-state index contributed by atoms with van der Waals surface area (Å²) in [5, 5.41) is 16.6. The van der Waals surface area contributed by atoms with E-state index in [4.69, 9.17) is 0 Å². The fourth-order valence-corrected chi connectivity index (χ4v) is 6.46. The van der Waals surface area contributed by atoms with Crippen LogP contribution >= 0.6 is 11.3 Å². The Hall–Kier alpha value is -3.64. The molecule has 1 N–H and O–H groups in total. The molecule has 2 aromatic rings. The number of amides is 4. The van der Waals surface area contributed by atoms with Crippen LogP contribution in [0.3, 0.4) is 0 Å². The molecule has 0 spiro atoms. The van der Waals surface area contributed by atoms with Gasteiger partial charge in [0.15, 0.2) is 0 Å². The molecule has 37 heavy (non-hydrogen) atoms. The lowest BCUT2D eigenvalue weighted by molar-refractivity contribution is -0.385. The fraction of sp³-hybridized carbons (Fsp3) is 0.440. The highest BCUT2D eigenvalue weighted by atomic mass is 32.1. The molecule has 3 aliphatic rings. The smallest absolute Gasteiger partial charge is 0.269 e. The maximum absolute atomic E-state index is 14.0. The predicted molar refractivity (Wildman–Crippen MR) is 133 cm³/mol. The van der Waals surface area contributed by atoms with Crippen molar-refractivity contribution in [2.75, 3.05) is 32.7 Å². The molecule has 4 amide bonds. The summed E-state index contributed by atoms with van der Waals surface area (Å²) in [4.78, 5) is 70.9. The third kappa shape index (κ3) is 4.29. The zero-order valence-electron chi connectivity index (χ0n) is 20.2. The minimum absolute atomic E-state index is 0.00621. The van der Waals surface area contributed by atoms with Crippen molar-refractivity contribution in [3.05, 3.63) is 62.3 Å². The number of nitro groups is 1. The van der Waals surface area contributed by atoms with E-state index in [0.29, 0.717) is 31.7 Å². The van der Waals surface area contributed by atoms with E-state index in [-0.39, 0.29) is 24.6 Å². The zero-order valence-corrected chi connectivity index (χ0v) is 21.1. The van der Waals surface area contributed by atoms with Gasteiger partial charge in [0.25, 0.3) is 5.69 Å². The number of piperazine rings is 1. The first kappa shape index (κ1) is 25.0. The molecule has 3 fully saturated rings. The largest absolute Gasteiger partial charge is 0.338 e. The van der Waals surface area contributed by atoms with Gasteiger partial charge in [-0.15, -0.1) is 11.3 Å². The van der Waals surface area contributed by atoms with E-state index < -0.39 is 46.6 Å². The monoisotopic (exact) mass is 525 g/mol. The molecule has 0 bridgehead atoms. The van der Waals surface area contributed by atoms with Gasteiger partial charge in [-0.2, -0.15) is 0 Å². The zero-order chi connectivity index (χ0) is 26.3. The van der Waals surface area contributed by atoms with Gasteiger partial charge in [-0.25, -0.2) is 0 Å². The van der Waals surface area contributed by atoms with Crippen LogP contribution in [0, 0.1) is 22.0 Å². The van der Waals surface area contributed by atoms with Crippen molar-refractivity contribution in [1.29, 1.82) is 0 Å². The number of hydrogen-bond donors (Lipinski definition) is 1. The van der Waals surface area contributed by atoms with E-state index in [0.717, 1.165) is 9.78 Å². The second-order valence-corrected chi connectivity index (χ2v) is 10.4. The van der Waals surface area contributed by atoms with Crippen LogP contribution in [0.4, 0.5) is 5.69 Å². The SMILES string of the molecule is CCN1C(=O)C2C(C1=O)C(c1cccc([N+](=O)[O-])c1)N(C(=O)Cc1cccs1)C2C(=O)N1CCNCC1. The van der Waals surface area contributed by atoms with Gasteiger partial charge in [0.1, 0.15) is 6.04 Å². The average Bonchev–Trinajstić information content (AvgIpc) is 3.60. The molecule has 1 aromatic carbocycles. The number of nitrogens with one attached hydrogen (secondary N) is 1. The van der Waals surface area contributed by atoms with Crippen molar-refractivity contribution in [2.45, 2.75) is 25.4 Å². The summed E-state index contributed by atoms with van der Waals surface area (Å²) in [5.74, 6) is -3.76. The van der Waals surface area contributed by atoms with Gasteiger partial charge in [-0.1, -0.05) is 18.2 Å². The molecular weight excluding hydrogens is 498 g/mol. The first-order chi connectivity index (χ1) is 17.8. The van der Waals surface area contributed by atoms with E-state index >= 15 is 0 Å². The maximum atomic E-state index is 14.0. The average molecular weight is 526 g/mol. The molecule has 12 heteroatoms. The Kier molecular flexibility index (Phi) is 6.78. The minimum atomic E-state index is -1.17. The number of nitrogens with zero attached hydrogens (tertiary/aromatic N) is 4. The highest BCUT2D eigenvalue weighted by Gasteiger charge is 2.65. The maximum Gasteiger partial charge on any atom is 0.269 e. The summed E-state index contributed by atoms with van der Waals surface area (Å²) >= 11 is 1.40. The predicted octanol–water partition coefficient (Wildman–Crippen LogP) is 1.20. The second-order valence-electron chi connectivity index (χ2n) is 9.35. The van der Waals surface area contributed by atoms with Crippen molar-refractivity contribution in [2.24, 2.45) is 11.8 Å². The first-order valence-electron chi connectivity index (χ1n) is 12.3. The lowest BCUT2D eigenvalue weighted by atomic mass is 9.86. The number of nitro benzene ring substituents is 1. The first-order valence-corrected chi connectivity index (χ1v) is 13.1. The van der Waals surface area contributed by atoms with E-state index in [1.165, 1.54) is 34.4 Å².